The van der Waals surface area contributed by atoms with Gasteiger partial charge < -0.3 is 10.1 Å². The van der Waals surface area contributed by atoms with Gasteiger partial charge in [0.2, 0.25) is 0 Å². The van der Waals surface area contributed by atoms with Crippen LogP contribution in [0.2, 0.25) is 0 Å². The fourth-order valence-corrected chi connectivity index (χ4v) is 2.36. The lowest BCUT2D eigenvalue weighted by molar-refractivity contribution is 0.184. The van der Waals surface area contributed by atoms with Crippen LogP contribution in [-0.4, -0.2) is 46.2 Å². The quantitative estimate of drug-likeness (QED) is 0.651. The Hall–Kier alpha value is -0.130. The van der Waals surface area contributed by atoms with Crippen molar-refractivity contribution < 1.29 is 13.2 Å². The molecule has 1 N–H and O–H groups in total. The molecule has 0 radical (unpaired) electrons. The van der Waals surface area contributed by atoms with Crippen LogP contribution >= 0.6 is 0 Å². The molecule has 1 heterocycles. The predicted molar refractivity (Wildman–Crippen MR) is 60.7 cm³/mol. The highest BCUT2D eigenvalue weighted by molar-refractivity contribution is 7.91. The summed E-state index contributed by atoms with van der Waals surface area (Å²) in [7, 11) is -2.81. The molecule has 1 fully saturated rings. The molecule has 1 aliphatic rings. The first kappa shape index (κ1) is 12.9. The fourth-order valence-electron chi connectivity index (χ4n) is 1.61. The van der Waals surface area contributed by atoms with Gasteiger partial charge in [0.1, 0.15) is 0 Å². The van der Waals surface area contributed by atoms with Crippen LogP contribution in [0.4, 0.5) is 0 Å². The molecular formula is C10H21NO3S. The number of ether oxygens (including phenoxy) is 1. The fraction of sp³-hybridized carbons (Fsp3) is 1.00. The van der Waals surface area contributed by atoms with Crippen molar-refractivity contribution in [1.29, 1.82) is 0 Å². The Labute approximate surface area is 92.3 Å². The van der Waals surface area contributed by atoms with E-state index < -0.39 is 9.84 Å². The van der Waals surface area contributed by atoms with Crippen LogP contribution in [0.25, 0.3) is 0 Å². The zero-order valence-electron chi connectivity index (χ0n) is 9.37. The van der Waals surface area contributed by atoms with Crippen LogP contribution in [-0.2, 0) is 14.6 Å². The van der Waals surface area contributed by atoms with Gasteiger partial charge in [0, 0.05) is 25.5 Å². The molecule has 4 nitrogen and oxygen atoms in total. The van der Waals surface area contributed by atoms with Gasteiger partial charge in [0.05, 0.1) is 5.75 Å². The minimum atomic E-state index is -2.81. The van der Waals surface area contributed by atoms with E-state index in [0.717, 1.165) is 32.6 Å². The molecule has 0 spiro atoms. The average molecular weight is 235 g/mol. The molecule has 0 aromatic rings. The van der Waals surface area contributed by atoms with Crippen LogP contribution in [0.15, 0.2) is 0 Å². The molecule has 15 heavy (non-hydrogen) atoms. The van der Waals surface area contributed by atoms with Gasteiger partial charge in [0.15, 0.2) is 9.84 Å². The highest BCUT2D eigenvalue weighted by Gasteiger charge is 2.14. The molecule has 0 saturated carbocycles. The van der Waals surface area contributed by atoms with E-state index in [2.05, 4.69) is 5.32 Å². The number of hydrogen-bond donors (Lipinski definition) is 1. The molecule has 0 aliphatic carbocycles. The molecule has 1 unspecified atom stereocenters. The van der Waals surface area contributed by atoms with Crippen LogP contribution < -0.4 is 5.32 Å². The van der Waals surface area contributed by atoms with Crippen molar-refractivity contribution in [2.45, 2.75) is 19.8 Å². The maximum absolute atomic E-state index is 11.2. The standard InChI is InChI=1S/C10H21NO3S/c1-2-15(12,13)8-6-11-5-3-10-4-7-14-9-10/h10-11H,2-9H2,1H3. The predicted octanol–water partition coefficient (Wildman–Crippen LogP) is 0.437. The number of sulfone groups is 1. The van der Waals surface area contributed by atoms with Gasteiger partial charge in [-0.15, -0.1) is 0 Å². The third-order valence-corrected chi connectivity index (χ3v) is 4.49. The normalized spacial score (nSPS) is 22.1. The topological polar surface area (TPSA) is 55.4 Å². The van der Waals surface area contributed by atoms with Gasteiger partial charge in [-0.05, 0) is 25.3 Å². The van der Waals surface area contributed by atoms with Crippen molar-refractivity contribution in [2.75, 3.05) is 37.8 Å². The van der Waals surface area contributed by atoms with Crippen LogP contribution in [0.1, 0.15) is 19.8 Å². The highest BCUT2D eigenvalue weighted by atomic mass is 32.2. The number of hydrogen-bond acceptors (Lipinski definition) is 4. The minimum Gasteiger partial charge on any atom is -0.381 e. The molecule has 1 rings (SSSR count). The van der Waals surface area contributed by atoms with Crippen molar-refractivity contribution in [2.24, 2.45) is 5.92 Å². The molecule has 0 amide bonds. The Bertz CT molecular complexity index is 258. The zero-order chi connectivity index (χ0) is 11.1. The molecular weight excluding hydrogens is 214 g/mol. The number of nitrogens with one attached hydrogen (secondary N) is 1. The van der Waals surface area contributed by atoms with Gasteiger partial charge >= 0.3 is 0 Å². The Morgan fingerprint density at radius 1 is 1.40 bits per heavy atom. The second kappa shape index (κ2) is 6.45. The van der Waals surface area contributed by atoms with E-state index in [0.29, 0.717) is 12.5 Å². The van der Waals surface area contributed by atoms with Crippen LogP contribution in [0, 0.1) is 5.92 Å². The smallest absolute Gasteiger partial charge is 0.151 e. The summed E-state index contributed by atoms with van der Waals surface area (Å²) in [6.07, 6.45) is 2.24. The summed E-state index contributed by atoms with van der Waals surface area (Å²) >= 11 is 0. The molecule has 90 valence electrons. The lowest BCUT2D eigenvalue weighted by Gasteiger charge is -2.08. The second-order valence-corrected chi connectivity index (χ2v) is 6.48. The first-order valence-corrected chi connectivity index (χ1v) is 7.45. The Morgan fingerprint density at radius 3 is 2.80 bits per heavy atom. The lowest BCUT2D eigenvalue weighted by atomic mass is 10.1. The zero-order valence-corrected chi connectivity index (χ0v) is 10.2. The van der Waals surface area contributed by atoms with Gasteiger partial charge in [-0.3, -0.25) is 0 Å². The summed E-state index contributed by atoms with van der Waals surface area (Å²) in [5, 5.41) is 3.17. The first-order chi connectivity index (χ1) is 7.14. The highest BCUT2D eigenvalue weighted by Crippen LogP contribution is 2.14. The molecule has 0 aromatic heterocycles. The van der Waals surface area contributed by atoms with E-state index in [9.17, 15) is 8.42 Å². The first-order valence-electron chi connectivity index (χ1n) is 5.63. The van der Waals surface area contributed by atoms with E-state index >= 15 is 0 Å². The summed E-state index contributed by atoms with van der Waals surface area (Å²) in [5.41, 5.74) is 0. The molecule has 1 saturated heterocycles. The molecule has 5 heteroatoms. The molecule has 0 bridgehead atoms. The van der Waals surface area contributed by atoms with Crippen molar-refractivity contribution in [3.8, 4) is 0 Å². The molecule has 1 aliphatic heterocycles. The van der Waals surface area contributed by atoms with Crippen molar-refractivity contribution in [3.63, 3.8) is 0 Å². The maximum Gasteiger partial charge on any atom is 0.151 e. The third-order valence-electron chi connectivity index (χ3n) is 2.78. The molecule has 0 aromatic carbocycles. The van der Waals surface area contributed by atoms with E-state index in [1.807, 2.05) is 0 Å². The summed E-state index contributed by atoms with van der Waals surface area (Å²) < 4.78 is 27.6. The van der Waals surface area contributed by atoms with E-state index in [1.54, 1.807) is 6.92 Å². The van der Waals surface area contributed by atoms with E-state index in [4.69, 9.17) is 4.74 Å². The van der Waals surface area contributed by atoms with Crippen molar-refractivity contribution in [3.05, 3.63) is 0 Å². The summed E-state index contributed by atoms with van der Waals surface area (Å²) in [6.45, 7) is 4.91. The van der Waals surface area contributed by atoms with Gasteiger partial charge in [-0.25, -0.2) is 8.42 Å². The summed E-state index contributed by atoms with van der Waals surface area (Å²) in [6, 6.07) is 0. The summed E-state index contributed by atoms with van der Waals surface area (Å²) in [4.78, 5) is 0. The van der Waals surface area contributed by atoms with Crippen molar-refractivity contribution >= 4 is 9.84 Å². The minimum absolute atomic E-state index is 0.241. The Balaban J connectivity index is 1.97. The second-order valence-electron chi connectivity index (χ2n) is 4.00. The van der Waals surface area contributed by atoms with E-state index in [1.165, 1.54) is 0 Å². The van der Waals surface area contributed by atoms with Gasteiger partial charge in [-0.2, -0.15) is 0 Å². The van der Waals surface area contributed by atoms with E-state index in [-0.39, 0.29) is 11.5 Å². The van der Waals surface area contributed by atoms with Crippen LogP contribution in [0.5, 0.6) is 0 Å². The maximum atomic E-state index is 11.2. The molecule has 1 atom stereocenters. The Morgan fingerprint density at radius 2 is 2.20 bits per heavy atom. The van der Waals surface area contributed by atoms with Crippen LogP contribution in [0.3, 0.4) is 0 Å². The Kier molecular flexibility index (Phi) is 5.56. The number of rotatable bonds is 7. The lowest BCUT2D eigenvalue weighted by Crippen LogP contribution is -2.26. The van der Waals surface area contributed by atoms with Gasteiger partial charge in [-0.1, -0.05) is 6.92 Å². The largest absolute Gasteiger partial charge is 0.381 e. The van der Waals surface area contributed by atoms with Gasteiger partial charge in [0.25, 0.3) is 0 Å². The summed E-state index contributed by atoms with van der Waals surface area (Å²) in [5.74, 6) is 1.16. The third kappa shape index (κ3) is 5.49. The average Bonchev–Trinajstić information content (AvgIpc) is 2.70. The SMILES string of the molecule is CCS(=O)(=O)CCNCCC1CCOC1. The van der Waals surface area contributed by atoms with Crippen molar-refractivity contribution in [1.82, 2.24) is 5.32 Å². The monoisotopic (exact) mass is 235 g/mol.